The van der Waals surface area contributed by atoms with E-state index in [0.717, 1.165) is 12.8 Å². The molecule has 0 aliphatic carbocycles. The van der Waals surface area contributed by atoms with Crippen LogP contribution in [0.3, 0.4) is 0 Å². The Labute approximate surface area is 167 Å². The van der Waals surface area contributed by atoms with Crippen molar-refractivity contribution in [2.45, 2.75) is 84.2 Å². The zero-order valence-electron chi connectivity index (χ0n) is 12.4. The van der Waals surface area contributed by atoms with Crippen LogP contribution < -0.4 is 51.4 Å². The smallest absolute Gasteiger partial charge is 0.510 e. The molecular weight excluding hydrogens is 287 g/mol. The quantitative estimate of drug-likeness (QED) is 0.250. The molecule has 0 fully saturated rings. The molecule has 0 atom stereocenters. The van der Waals surface area contributed by atoms with Gasteiger partial charge in [-0.1, -0.05) is 52.4 Å². The van der Waals surface area contributed by atoms with E-state index in [4.69, 9.17) is 29.6 Å². The van der Waals surface area contributed by atoms with Crippen LogP contribution in [0.25, 0.3) is 0 Å². The number of rotatable bonds is 11. The summed E-state index contributed by atoms with van der Waals surface area (Å²) in [6.45, 7) is 4.47. The fraction of sp³-hybridized carbons (Fsp3) is 0.929. The van der Waals surface area contributed by atoms with Crippen LogP contribution in [0.4, 0.5) is 0 Å². The van der Waals surface area contributed by atoms with Gasteiger partial charge in [-0.2, -0.15) is 0 Å². The molecular formula is C14H27KOS2. The Balaban J connectivity index is 0. The molecule has 18 heavy (non-hydrogen) atoms. The third kappa shape index (κ3) is 15.8. The SMILES string of the molecule is CCCCCCC(CCCCCC)OC(=S)[S-].[K+]. The van der Waals surface area contributed by atoms with Gasteiger partial charge in [-0.3, -0.25) is 0 Å². The monoisotopic (exact) mass is 314 g/mol. The Kier molecular flexibility index (Phi) is 20.6. The first kappa shape index (κ1) is 22.0. The fourth-order valence-electron chi connectivity index (χ4n) is 2.00. The van der Waals surface area contributed by atoms with Crippen molar-refractivity contribution in [2.75, 3.05) is 0 Å². The second kappa shape index (κ2) is 16.8. The van der Waals surface area contributed by atoms with E-state index < -0.39 is 0 Å². The van der Waals surface area contributed by atoms with Gasteiger partial charge in [0, 0.05) is 4.38 Å². The molecule has 0 N–H and O–H groups in total. The van der Waals surface area contributed by atoms with Gasteiger partial charge in [0.05, 0.1) is 6.10 Å². The molecule has 0 spiro atoms. The van der Waals surface area contributed by atoms with Gasteiger partial charge in [-0.15, -0.1) is 0 Å². The molecule has 0 aromatic carbocycles. The zero-order valence-corrected chi connectivity index (χ0v) is 17.1. The van der Waals surface area contributed by atoms with Crippen molar-refractivity contribution >= 4 is 29.2 Å². The summed E-state index contributed by atoms with van der Waals surface area (Å²) in [5, 5.41) is 0. The largest absolute Gasteiger partial charge is 1.00 e. The maximum absolute atomic E-state index is 5.56. The molecule has 0 amide bonds. The van der Waals surface area contributed by atoms with Crippen molar-refractivity contribution in [1.82, 2.24) is 0 Å². The molecule has 0 bridgehead atoms. The van der Waals surface area contributed by atoms with E-state index in [1.54, 1.807) is 0 Å². The first-order valence-electron chi connectivity index (χ1n) is 7.08. The number of hydrogen-bond acceptors (Lipinski definition) is 3. The van der Waals surface area contributed by atoms with E-state index in [2.05, 4.69) is 13.8 Å². The molecule has 0 saturated heterocycles. The fourth-order valence-corrected chi connectivity index (χ4v) is 2.27. The average Bonchev–Trinajstić information content (AvgIpc) is 2.29. The Bertz CT molecular complexity index is 177. The third-order valence-electron chi connectivity index (χ3n) is 3.02. The van der Waals surface area contributed by atoms with Crippen LogP contribution in [0.2, 0.25) is 0 Å². The maximum atomic E-state index is 5.56. The van der Waals surface area contributed by atoms with Crippen LogP contribution in [-0.2, 0) is 17.4 Å². The van der Waals surface area contributed by atoms with Crippen LogP contribution >= 0.6 is 12.2 Å². The third-order valence-corrected chi connectivity index (χ3v) is 3.21. The first-order chi connectivity index (χ1) is 8.20. The summed E-state index contributed by atoms with van der Waals surface area (Å²) in [7, 11) is 0. The summed E-state index contributed by atoms with van der Waals surface area (Å²) in [4.78, 5) is 0. The van der Waals surface area contributed by atoms with Crippen LogP contribution in [-0.4, -0.2) is 10.5 Å². The van der Waals surface area contributed by atoms with Crippen molar-refractivity contribution in [3.05, 3.63) is 0 Å². The molecule has 0 aromatic rings. The molecule has 0 aromatic heterocycles. The van der Waals surface area contributed by atoms with Crippen molar-refractivity contribution in [1.29, 1.82) is 0 Å². The molecule has 1 nitrogen and oxygen atoms in total. The van der Waals surface area contributed by atoms with E-state index in [0.29, 0.717) is 4.38 Å². The minimum Gasteiger partial charge on any atom is -0.510 e. The second-order valence-corrected chi connectivity index (χ2v) is 5.69. The summed E-state index contributed by atoms with van der Waals surface area (Å²) in [6, 6.07) is 0. The number of hydrogen-bond donors (Lipinski definition) is 0. The van der Waals surface area contributed by atoms with Gasteiger partial charge in [0.2, 0.25) is 0 Å². The van der Waals surface area contributed by atoms with E-state index in [-0.39, 0.29) is 57.5 Å². The van der Waals surface area contributed by atoms with Gasteiger partial charge >= 0.3 is 51.4 Å². The summed E-state index contributed by atoms with van der Waals surface area (Å²) >= 11 is 9.74. The molecule has 4 heteroatoms. The normalized spacial score (nSPS) is 10.2. The van der Waals surface area contributed by atoms with Gasteiger partial charge in [0.1, 0.15) is 0 Å². The Morgan fingerprint density at radius 2 is 1.39 bits per heavy atom. The standard InChI is InChI=1S/C14H28OS2.K/c1-3-5-7-9-11-13(15-14(16)17)12-10-8-6-4-2;/h13H,3-12H2,1-2H3,(H,16,17);/q;+1/p-1. The van der Waals surface area contributed by atoms with Gasteiger partial charge in [-0.25, -0.2) is 0 Å². The van der Waals surface area contributed by atoms with Crippen LogP contribution in [0.15, 0.2) is 0 Å². The van der Waals surface area contributed by atoms with E-state index >= 15 is 0 Å². The van der Waals surface area contributed by atoms with Crippen LogP contribution in [0, 0.1) is 0 Å². The molecule has 0 heterocycles. The summed E-state index contributed by atoms with van der Waals surface area (Å²) < 4.78 is 5.85. The van der Waals surface area contributed by atoms with Crippen molar-refractivity contribution in [2.24, 2.45) is 0 Å². The Morgan fingerprint density at radius 1 is 0.944 bits per heavy atom. The van der Waals surface area contributed by atoms with E-state index in [9.17, 15) is 0 Å². The first-order valence-corrected chi connectivity index (χ1v) is 7.90. The predicted octanol–water partition coefficient (Wildman–Crippen LogP) is 2.15. The minimum absolute atomic E-state index is 0. The van der Waals surface area contributed by atoms with Gasteiger partial charge in [0.15, 0.2) is 0 Å². The van der Waals surface area contributed by atoms with Crippen LogP contribution in [0.5, 0.6) is 0 Å². The summed E-state index contributed by atoms with van der Waals surface area (Å²) in [5.74, 6) is 0. The van der Waals surface area contributed by atoms with Crippen molar-refractivity contribution in [3.63, 3.8) is 0 Å². The average molecular weight is 315 g/mol. The Morgan fingerprint density at radius 3 is 1.72 bits per heavy atom. The second-order valence-electron chi connectivity index (χ2n) is 4.69. The number of unbranched alkanes of at least 4 members (excludes halogenated alkanes) is 6. The molecule has 0 aliphatic rings. The Hall–Kier alpha value is 1.75. The molecule has 0 unspecified atom stereocenters. The van der Waals surface area contributed by atoms with Gasteiger partial charge in [-0.05, 0) is 25.7 Å². The van der Waals surface area contributed by atoms with E-state index in [1.165, 1.54) is 51.4 Å². The van der Waals surface area contributed by atoms with Gasteiger partial charge in [0.25, 0.3) is 0 Å². The predicted molar refractivity (Wildman–Crippen MR) is 82.4 cm³/mol. The minimum atomic E-state index is 0. The van der Waals surface area contributed by atoms with Crippen LogP contribution in [0.1, 0.15) is 78.1 Å². The maximum Gasteiger partial charge on any atom is 1.00 e. The molecule has 102 valence electrons. The molecule has 0 saturated carbocycles. The molecule has 0 radical (unpaired) electrons. The number of ether oxygens (including phenoxy) is 1. The van der Waals surface area contributed by atoms with E-state index in [1.807, 2.05) is 0 Å². The molecule has 0 aliphatic heterocycles. The summed E-state index contributed by atoms with van der Waals surface area (Å²) in [6.07, 6.45) is 12.8. The summed E-state index contributed by atoms with van der Waals surface area (Å²) in [5.41, 5.74) is 0. The van der Waals surface area contributed by atoms with Crippen molar-refractivity contribution in [3.8, 4) is 0 Å². The topological polar surface area (TPSA) is 9.23 Å². The number of thiocarbonyl (C=S) groups is 1. The van der Waals surface area contributed by atoms with Gasteiger partial charge < -0.3 is 29.6 Å². The van der Waals surface area contributed by atoms with Crippen molar-refractivity contribution < 1.29 is 56.1 Å². The zero-order chi connectivity index (χ0) is 12.9. The molecule has 0 rings (SSSR count).